The van der Waals surface area contributed by atoms with Crippen LogP contribution >= 0.6 is 11.3 Å². The van der Waals surface area contributed by atoms with E-state index in [2.05, 4.69) is 5.10 Å². The van der Waals surface area contributed by atoms with E-state index in [9.17, 15) is 9.59 Å². The summed E-state index contributed by atoms with van der Waals surface area (Å²) in [5.74, 6) is -0.403. The van der Waals surface area contributed by atoms with Crippen LogP contribution in [-0.4, -0.2) is 26.9 Å². The lowest BCUT2D eigenvalue weighted by Gasteiger charge is -2.08. The summed E-state index contributed by atoms with van der Waals surface area (Å²) in [7, 11) is 0. The van der Waals surface area contributed by atoms with E-state index >= 15 is 0 Å². The fourth-order valence-electron chi connectivity index (χ4n) is 2.88. The number of hydrogen-bond acceptors (Lipinski definition) is 5. The Morgan fingerprint density at radius 2 is 1.92 bits per heavy atom. The molecule has 0 aliphatic heterocycles. The predicted molar refractivity (Wildman–Crippen MR) is 101 cm³/mol. The Morgan fingerprint density at radius 3 is 2.58 bits per heavy atom. The van der Waals surface area contributed by atoms with Gasteiger partial charge in [-0.3, -0.25) is 14.0 Å². The van der Waals surface area contributed by atoms with Crippen molar-refractivity contribution in [3.05, 3.63) is 73.6 Å². The molecule has 0 aliphatic carbocycles. The third kappa shape index (κ3) is 3.77. The Balaban J connectivity index is 1.68. The molecule has 3 aromatic rings. The maximum atomic E-state index is 12.5. The van der Waals surface area contributed by atoms with Gasteiger partial charge in [0.1, 0.15) is 12.2 Å². The predicted octanol–water partition coefficient (Wildman–Crippen LogP) is 2.94. The number of carbonyl (C=O) groups is 1. The minimum Gasteiger partial charge on any atom is -0.460 e. The summed E-state index contributed by atoms with van der Waals surface area (Å²) in [4.78, 5) is 24.1. The normalized spacial score (nSPS) is 10.9. The van der Waals surface area contributed by atoms with Crippen molar-refractivity contribution in [3.8, 4) is 0 Å². The second-order valence-electron chi connectivity index (χ2n) is 6.12. The van der Waals surface area contributed by atoms with E-state index in [1.54, 1.807) is 16.9 Å². The van der Waals surface area contributed by atoms with E-state index in [1.807, 2.05) is 48.9 Å². The van der Waals surface area contributed by atoms with Crippen molar-refractivity contribution in [1.82, 2.24) is 14.3 Å². The quantitative estimate of drug-likeness (QED) is 0.625. The van der Waals surface area contributed by atoms with E-state index < -0.39 is 5.97 Å². The van der Waals surface area contributed by atoms with Gasteiger partial charge in [-0.2, -0.15) is 5.10 Å². The molecule has 0 bridgehead atoms. The Kier molecular flexibility index (Phi) is 5.37. The fraction of sp³-hybridized carbons (Fsp3) is 0.316. The molecule has 2 aromatic heterocycles. The monoisotopic (exact) mass is 371 g/mol. The second kappa shape index (κ2) is 7.70. The first-order chi connectivity index (χ1) is 12.5. The highest BCUT2D eigenvalue weighted by Gasteiger charge is 2.20. The van der Waals surface area contributed by atoms with Crippen LogP contribution in [0.5, 0.6) is 0 Å². The van der Waals surface area contributed by atoms with Gasteiger partial charge in [-0.1, -0.05) is 41.7 Å². The van der Waals surface area contributed by atoms with Crippen molar-refractivity contribution in [2.45, 2.75) is 33.9 Å². The number of thiazole rings is 1. The van der Waals surface area contributed by atoms with E-state index in [1.165, 1.54) is 0 Å². The van der Waals surface area contributed by atoms with Gasteiger partial charge < -0.3 is 4.74 Å². The number of benzene rings is 1. The molecule has 3 rings (SSSR count). The molecule has 0 saturated heterocycles. The third-order valence-corrected chi connectivity index (χ3v) is 5.17. The van der Waals surface area contributed by atoms with Crippen LogP contribution in [0.4, 0.5) is 0 Å². The summed E-state index contributed by atoms with van der Waals surface area (Å²) in [5, 5.41) is 6.27. The molecular weight excluding hydrogens is 350 g/mol. The molecule has 0 N–H and O–H groups in total. The average Bonchev–Trinajstić information content (AvgIpc) is 3.08. The number of rotatable bonds is 6. The minimum absolute atomic E-state index is 0.0402. The number of carbonyl (C=O) groups excluding carboxylic acids is 1. The van der Waals surface area contributed by atoms with Crippen molar-refractivity contribution in [2.24, 2.45) is 0 Å². The summed E-state index contributed by atoms with van der Waals surface area (Å²) in [5.41, 5.74) is 3.91. The lowest BCUT2D eigenvalue weighted by Crippen LogP contribution is -2.20. The Hall–Kier alpha value is -2.67. The smallest absolute Gasteiger partial charge is 0.341 e. The van der Waals surface area contributed by atoms with Gasteiger partial charge in [-0.05, 0) is 26.3 Å². The van der Waals surface area contributed by atoms with E-state index in [0.29, 0.717) is 24.3 Å². The highest BCUT2D eigenvalue weighted by Crippen LogP contribution is 2.16. The van der Waals surface area contributed by atoms with Crippen LogP contribution < -0.4 is 4.87 Å². The van der Waals surface area contributed by atoms with Gasteiger partial charge in [0.2, 0.25) is 0 Å². The maximum Gasteiger partial charge on any atom is 0.341 e. The van der Waals surface area contributed by atoms with Gasteiger partial charge in [0.25, 0.3) is 0 Å². The minimum atomic E-state index is -0.403. The molecule has 0 spiro atoms. The van der Waals surface area contributed by atoms with Gasteiger partial charge in [0.05, 0.1) is 24.5 Å². The summed E-state index contributed by atoms with van der Waals surface area (Å²) in [6, 6.07) is 9.97. The number of aromatic nitrogens is 3. The molecule has 0 unspecified atom stereocenters. The number of hydrogen-bond donors (Lipinski definition) is 0. The van der Waals surface area contributed by atoms with Gasteiger partial charge in [0.15, 0.2) is 0 Å². The maximum absolute atomic E-state index is 12.5. The number of aryl methyl sites for hydroxylation is 2. The van der Waals surface area contributed by atoms with Crippen LogP contribution in [0, 0.1) is 20.8 Å². The first-order valence-corrected chi connectivity index (χ1v) is 9.25. The first-order valence-electron chi connectivity index (χ1n) is 8.37. The lowest BCUT2D eigenvalue weighted by atomic mass is 10.2. The van der Waals surface area contributed by atoms with Crippen molar-refractivity contribution < 1.29 is 9.53 Å². The molecule has 0 saturated carbocycles. The van der Waals surface area contributed by atoms with E-state index in [-0.39, 0.29) is 11.5 Å². The van der Waals surface area contributed by atoms with E-state index in [4.69, 9.17) is 4.74 Å². The van der Waals surface area contributed by atoms with Crippen molar-refractivity contribution >= 4 is 17.3 Å². The zero-order valence-electron chi connectivity index (χ0n) is 15.1. The fourth-order valence-corrected chi connectivity index (χ4v) is 3.64. The molecule has 0 amide bonds. The van der Waals surface area contributed by atoms with Gasteiger partial charge in [-0.25, -0.2) is 4.79 Å². The molecule has 7 heteroatoms. The van der Waals surface area contributed by atoms with Crippen LogP contribution in [0.1, 0.15) is 33.0 Å². The highest BCUT2D eigenvalue weighted by molar-refractivity contribution is 7.07. The summed E-state index contributed by atoms with van der Waals surface area (Å²) < 4.78 is 8.81. The van der Waals surface area contributed by atoms with Crippen molar-refractivity contribution in [1.29, 1.82) is 0 Å². The van der Waals surface area contributed by atoms with Crippen LogP contribution in [0.15, 0.2) is 40.5 Å². The first kappa shape index (κ1) is 18.1. The Labute approximate surface area is 155 Å². The largest absolute Gasteiger partial charge is 0.460 e. The SMILES string of the molecule is Cc1nn(Cc2ccccc2)c(C)c1C(=O)OCCn1c(C)csc1=O. The van der Waals surface area contributed by atoms with Gasteiger partial charge in [0, 0.05) is 11.1 Å². The Morgan fingerprint density at radius 1 is 1.19 bits per heavy atom. The molecular formula is C19H21N3O3S. The zero-order valence-corrected chi connectivity index (χ0v) is 15.9. The second-order valence-corrected chi connectivity index (χ2v) is 6.94. The molecule has 0 fully saturated rings. The lowest BCUT2D eigenvalue weighted by molar-refractivity contribution is 0.0488. The summed E-state index contributed by atoms with van der Waals surface area (Å²) in [6.07, 6.45) is 0. The molecule has 6 nitrogen and oxygen atoms in total. The number of nitrogens with zero attached hydrogens (tertiary/aromatic N) is 3. The van der Waals surface area contributed by atoms with E-state index in [0.717, 1.165) is 28.3 Å². The van der Waals surface area contributed by atoms with Gasteiger partial charge in [-0.15, -0.1) is 0 Å². The molecule has 136 valence electrons. The van der Waals surface area contributed by atoms with Crippen molar-refractivity contribution in [2.75, 3.05) is 6.61 Å². The number of ether oxygens (including phenoxy) is 1. The topological polar surface area (TPSA) is 66.1 Å². The summed E-state index contributed by atoms with van der Waals surface area (Å²) in [6.45, 7) is 6.65. The molecule has 2 heterocycles. The van der Waals surface area contributed by atoms with Crippen LogP contribution in [-0.2, 0) is 17.8 Å². The molecule has 0 aliphatic rings. The molecule has 26 heavy (non-hydrogen) atoms. The standard InChI is InChI=1S/C19H21N3O3S/c1-13-12-26-19(24)21(13)9-10-25-18(23)17-14(2)20-22(15(17)3)11-16-7-5-4-6-8-16/h4-8,12H,9-11H2,1-3H3. The Bertz CT molecular complexity index is 970. The van der Waals surface area contributed by atoms with Crippen LogP contribution in [0.25, 0.3) is 0 Å². The third-order valence-electron chi connectivity index (χ3n) is 4.29. The number of esters is 1. The van der Waals surface area contributed by atoms with Crippen LogP contribution in [0.2, 0.25) is 0 Å². The van der Waals surface area contributed by atoms with Crippen molar-refractivity contribution in [3.63, 3.8) is 0 Å². The molecule has 0 radical (unpaired) electrons. The average molecular weight is 371 g/mol. The molecule has 1 aromatic carbocycles. The zero-order chi connectivity index (χ0) is 18.7. The van der Waals surface area contributed by atoms with Crippen LogP contribution in [0.3, 0.4) is 0 Å². The summed E-state index contributed by atoms with van der Waals surface area (Å²) >= 11 is 1.15. The highest BCUT2D eigenvalue weighted by atomic mass is 32.1. The van der Waals surface area contributed by atoms with Gasteiger partial charge >= 0.3 is 10.8 Å². The molecule has 0 atom stereocenters.